The standard InChI is InChI=1S/C12H21ClN2S/c1-8-9(11(2,3)4)16-10(14-8)15-12(5,6)7-13/h7H2,1-6H3,(H,14,15). The van der Waals surface area contributed by atoms with Crippen LogP contribution in [0.3, 0.4) is 0 Å². The van der Waals surface area contributed by atoms with Crippen LogP contribution in [0.25, 0.3) is 0 Å². The monoisotopic (exact) mass is 260 g/mol. The van der Waals surface area contributed by atoms with Crippen LogP contribution in [0.15, 0.2) is 0 Å². The lowest BCUT2D eigenvalue weighted by Gasteiger charge is -2.22. The Morgan fingerprint density at radius 2 is 1.81 bits per heavy atom. The Labute approximate surface area is 107 Å². The number of thiazole rings is 1. The van der Waals surface area contributed by atoms with Crippen LogP contribution in [0.1, 0.15) is 45.2 Å². The third-order valence-electron chi connectivity index (χ3n) is 2.26. The minimum Gasteiger partial charge on any atom is -0.355 e. The highest BCUT2D eigenvalue weighted by molar-refractivity contribution is 7.15. The minimum atomic E-state index is -0.110. The van der Waals surface area contributed by atoms with E-state index in [9.17, 15) is 0 Å². The topological polar surface area (TPSA) is 24.9 Å². The van der Waals surface area contributed by atoms with E-state index in [0.29, 0.717) is 5.88 Å². The Hall–Kier alpha value is -0.280. The molecular formula is C12H21ClN2S. The molecule has 0 aliphatic heterocycles. The number of nitrogens with one attached hydrogen (secondary N) is 1. The van der Waals surface area contributed by atoms with Gasteiger partial charge in [-0.1, -0.05) is 20.8 Å². The third kappa shape index (κ3) is 3.36. The Morgan fingerprint density at radius 1 is 1.25 bits per heavy atom. The van der Waals surface area contributed by atoms with Crippen molar-refractivity contribution in [1.82, 2.24) is 4.98 Å². The van der Waals surface area contributed by atoms with Gasteiger partial charge in [-0.05, 0) is 26.2 Å². The number of hydrogen-bond donors (Lipinski definition) is 1. The van der Waals surface area contributed by atoms with Crippen LogP contribution in [0.2, 0.25) is 0 Å². The van der Waals surface area contributed by atoms with Crippen molar-refractivity contribution in [2.45, 2.75) is 52.5 Å². The van der Waals surface area contributed by atoms with Crippen molar-refractivity contribution < 1.29 is 0 Å². The molecule has 1 rings (SSSR count). The van der Waals surface area contributed by atoms with Gasteiger partial charge < -0.3 is 5.32 Å². The number of halogens is 1. The first-order chi connectivity index (χ1) is 7.15. The summed E-state index contributed by atoms with van der Waals surface area (Å²) in [7, 11) is 0. The average molecular weight is 261 g/mol. The number of anilines is 1. The van der Waals surface area contributed by atoms with E-state index in [1.165, 1.54) is 4.88 Å². The van der Waals surface area contributed by atoms with Gasteiger partial charge >= 0.3 is 0 Å². The second-order valence-corrected chi connectivity index (χ2v) is 7.09. The highest BCUT2D eigenvalue weighted by Gasteiger charge is 2.23. The van der Waals surface area contributed by atoms with E-state index in [2.05, 4.69) is 51.8 Å². The number of aromatic nitrogens is 1. The SMILES string of the molecule is Cc1nc(NC(C)(C)CCl)sc1C(C)(C)C. The summed E-state index contributed by atoms with van der Waals surface area (Å²) < 4.78 is 0. The van der Waals surface area contributed by atoms with Crippen molar-refractivity contribution in [3.8, 4) is 0 Å². The Morgan fingerprint density at radius 3 is 2.19 bits per heavy atom. The molecule has 0 saturated heterocycles. The van der Waals surface area contributed by atoms with Gasteiger partial charge in [-0.3, -0.25) is 0 Å². The number of rotatable bonds is 3. The predicted octanol–water partition coefficient (Wildman–Crippen LogP) is 4.18. The van der Waals surface area contributed by atoms with Crippen LogP contribution in [0.5, 0.6) is 0 Å². The van der Waals surface area contributed by atoms with E-state index in [4.69, 9.17) is 11.6 Å². The zero-order valence-electron chi connectivity index (χ0n) is 10.9. The van der Waals surface area contributed by atoms with E-state index >= 15 is 0 Å². The fourth-order valence-corrected chi connectivity index (χ4v) is 2.74. The largest absolute Gasteiger partial charge is 0.355 e. The van der Waals surface area contributed by atoms with Gasteiger partial charge in [-0.25, -0.2) is 4.98 Å². The van der Waals surface area contributed by atoms with Crippen molar-refractivity contribution in [2.75, 3.05) is 11.2 Å². The van der Waals surface area contributed by atoms with Crippen molar-refractivity contribution >= 4 is 28.1 Å². The molecular weight excluding hydrogens is 240 g/mol. The summed E-state index contributed by atoms with van der Waals surface area (Å²) >= 11 is 7.62. The van der Waals surface area contributed by atoms with Crippen LogP contribution in [0, 0.1) is 6.92 Å². The number of hydrogen-bond acceptors (Lipinski definition) is 3. The lowest BCUT2D eigenvalue weighted by Crippen LogP contribution is -2.32. The predicted molar refractivity (Wildman–Crippen MR) is 74.0 cm³/mol. The maximum Gasteiger partial charge on any atom is 0.183 e. The zero-order chi connectivity index (χ0) is 12.6. The highest BCUT2D eigenvalue weighted by atomic mass is 35.5. The van der Waals surface area contributed by atoms with Gasteiger partial charge in [0.2, 0.25) is 0 Å². The van der Waals surface area contributed by atoms with Crippen LogP contribution in [0.4, 0.5) is 5.13 Å². The molecule has 0 atom stereocenters. The smallest absolute Gasteiger partial charge is 0.183 e. The molecule has 0 unspecified atom stereocenters. The van der Waals surface area contributed by atoms with Crippen molar-refractivity contribution in [3.05, 3.63) is 10.6 Å². The molecule has 0 saturated carbocycles. The molecule has 1 N–H and O–H groups in total. The molecule has 1 heterocycles. The van der Waals surface area contributed by atoms with E-state index in [0.717, 1.165) is 10.8 Å². The van der Waals surface area contributed by atoms with Crippen LogP contribution < -0.4 is 5.32 Å². The summed E-state index contributed by atoms with van der Waals surface area (Å²) in [6.45, 7) is 12.9. The van der Waals surface area contributed by atoms with Gasteiger partial charge in [0.15, 0.2) is 5.13 Å². The average Bonchev–Trinajstić information content (AvgIpc) is 2.45. The van der Waals surface area contributed by atoms with Gasteiger partial charge in [0.05, 0.1) is 5.69 Å². The molecule has 92 valence electrons. The second-order valence-electron chi connectivity index (χ2n) is 5.83. The van der Waals surface area contributed by atoms with Crippen LogP contribution >= 0.6 is 22.9 Å². The molecule has 0 aromatic carbocycles. The van der Waals surface area contributed by atoms with Gasteiger partial charge in [-0.2, -0.15) is 0 Å². The molecule has 4 heteroatoms. The maximum atomic E-state index is 5.89. The summed E-state index contributed by atoms with van der Waals surface area (Å²) in [5.41, 5.74) is 1.17. The first kappa shape index (κ1) is 13.8. The molecule has 1 aromatic rings. The molecule has 0 amide bonds. The van der Waals surface area contributed by atoms with Gasteiger partial charge in [0.1, 0.15) is 0 Å². The van der Waals surface area contributed by atoms with E-state index in [1.54, 1.807) is 11.3 Å². The van der Waals surface area contributed by atoms with Crippen LogP contribution in [-0.2, 0) is 5.41 Å². The Bertz CT molecular complexity index is 364. The molecule has 0 aliphatic rings. The van der Waals surface area contributed by atoms with E-state index in [-0.39, 0.29) is 11.0 Å². The number of alkyl halides is 1. The summed E-state index contributed by atoms with van der Waals surface area (Å²) in [6, 6.07) is 0. The molecule has 16 heavy (non-hydrogen) atoms. The first-order valence-electron chi connectivity index (χ1n) is 5.48. The van der Waals surface area contributed by atoms with Crippen molar-refractivity contribution in [3.63, 3.8) is 0 Å². The molecule has 0 fully saturated rings. The maximum absolute atomic E-state index is 5.89. The first-order valence-corrected chi connectivity index (χ1v) is 6.83. The van der Waals surface area contributed by atoms with Crippen molar-refractivity contribution in [1.29, 1.82) is 0 Å². The summed E-state index contributed by atoms with van der Waals surface area (Å²) in [6.07, 6.45) is 0. The molecule has 2 nitrogen and oxygen atoms in total. The van der Waals surface area contributed by atoms with Gasteiger partial charge in [0, 0.05) is 16.3 Å². The summed E-state index contributed by atoms with van der Waals surface area (Å²) in [4.78, 5) is 5.89. The van der Waals surface area contributed by atoms with E-state index in [1.807, 2.05) is 0 Å². The summed E-state index contributed by atoms with van der Waals surface area (Å²) in [5.74, 6) is 0.566. The van der Waals surface area contributed by atoms with Crippen molar-refractivity contribution in [2.24, 2.45) is 0 Å². The quantitative estimate of drug-likeness (QED) is 0.825. The Kier molecular flexibility index (Phi) is 3.91. The molecule has 0 radical (unpaired) electrons. The number of aryl methyl sites for hydroxylation is 1. The lowest BCUT2D eigenvalue weighted by molar-refractivity contribution is 0.598. The van der Waals surface area contributed by atoms with Gasteiger partial charge in [0.25, 0.3) is 0 Å². The highest BCUT2D eigenvalue weighted by Crippen LogP contribution is 2.34. The number of nitrogens with zero attached hydrogens (tertiary/aromatic N) is 1. The second kappa shape index (κ2) is 4.53. The minimum absolute atomic E-state index is 0.110. The summed E-state index contributed by atoms with van der Waals surface area (Å²) in [5, 5.41) is 4.34. The normalized spacial score (nSPS) is 12.9. The molecule has 1 aromatic heterocycles. The zero-order valence-corrected chi connectivity index (χ0v) is 12.5. The molecule has 0 spiro atoms. The fourth-order valence-electron chi connectivity index (χ4n) is 1.47. The molecule has 0 bridgehead atoms. The van der Waals surface area contributed by atoms with Crippen LogP contribution in [-0.4, -0.2) is 16.4 Å². The van der Waals surface area contributed by atoms with Gasteiger partial charge in [-0.15, -0.1) is 22.9 Å². The fraction of sp³-hybridized carbons (Fsp3) is 0.750. The Balaban J connectivity index is 2.94. The third-order valence-corrected chi connectivity index (χ3v) is 4.42. The molecule has 0 aliphatic carbocycles. The van der Waals surface area contributed by atoms with E-state index < -0.39 is 0 Å². The lowest BCUT2D eigenvalue weighted by atomic mass is 9.94.